The van der Waals surface area contributed by atoms with Gasteiger partial charge in [0.15, 0.2) is 0 Å². The highest BCUT2D eigenvalue weighted by molar-refractivity contribution is 6.33. The van der Waals surface area contributed by atoms with Gasteiger partial charge in [0.2, 0.25) is 0 Å². The van der Waals surface area contributed by atoms with Gasteiger partial charge in [0.25, 0.3) is 0 Å². The summed E-state index contributed by atoms with van der Waals surface area (Å²) in [7, 11) is 0. The Kier molecular flexibility index (Phi) is 4.30. The summed E-state index contributed by atoms with van der Waals surface area (Å²) in [5.41, 5.74) is 7.86. The fourth-order valence-electron chi connectivity index (χ4n) is 2.32. The van der Waals surface area contributed by atoms with E-state index in [2.05, 4.69) is 24.0 Å². The molecule has 1 saturated carbocycles. The van der Waals surface area contributed by atoms with E-state index in [1.807, 2.05) is 6.07 Å². The fraction of sp³-hybridized carbons (Fsp3) is 0.571. The minimum atomic E-state index is 0.550. The molecule has 1 aliphatic rings. The molecule has 2 nitrogen and oxygen atoms in total. The zero-order valence-electron chi connectivity index (χ0n) is 10.5. The van der Waals surface area contributed by atoms with Crippen LogP contribution in [0.25, 0.3) is 0 Å². The number of hydrogen-bond donors (Lipinski definition) is 1. The predicted octanol–water partition coefficient (Wildman–Crippen LogP) is 3.43. The van der Waals surface area contributed by atoms with Crippen molar-refractivity contribution in [1.29, 1.82) is 0 Å². The maximum absolute atomic E-state index is 6.33. The molecule has 1 aliphatic carbocycles. The Morgan fingerprint density at radius 2 is 2.18 bits per heavy atom. The molecule has 1 aromatic rings. The highest BCUT2D eigenvalue weighted by Gasteiger charge is 2.21. The van der Waals surface area contributed by atoms with E-state index in [-0.39, 0.29) is 0 Å². The van der Waals surface area contributed by atoms with Crippen LogP contribution in [0.4, 0.5) is 5.69 Å². The summed E-state index contributed by atoms with van der Waals surface area (Å²) < 4.78 is 0. The summed E-state index contributed by atoms with van der Waals surface area (Å²) in [6, 6.07) is 6.16. The van der Waals surface area contributed by atoms with Gasteiger partial charge < -0.3 is 10.6 Å². The molecule has 94 valence electrons. The van der Waals surface area contributed by atoms with Crippen molar-refractivity contribution in [2.24, 2.45) is 11.7 Å². The monoisotopic (exact) mass is 252 g/mol. The third-order valence-electron chi connectivity index (χ3n) is 3.67. The molecule has 0 bridgehead atoms. The van der Waals surface area contributed by atoms with Crippen molar-refractivity contribution in [3.8, 4) is 0 Å². The van der Waals surface area contributed by atoms with Gasteiger partial charge in [0, 0.05) is 19.6 Å². The van der Waals surface area contributed by atoms with Crippen molar-refractivity contribution in [3.05, 3.63) is 28.8 Å². The Hall–Kier alpha value is -0.730. The number of benzene rings is 1. The molecule has 0 heterocycles. The first kappa shape index (κ1) is 12.7. The van der Waals surface area contributed by atoms with Crippen molar-refractivity contribution >= 4 is 17.3 Å². The van der Waals surface area contributed by atoms with Crippen LogP contribution in [0, 0.1) is 5.92 Å². The Labute approximate surface area is 109 Å². The highest BCUT2D eigenvalue weighted by atomic mass is 35.5. The first-order valence-corrected chi connectivity index (χ1v) is 6.85. The van der Waals surface area contributed by atoms with E-state index in [1.54, 1.807) is 0 Å². The topological polar surface area (TPSA) is 29.3 Å². The average Bonchev–Trinajstić information content (AvgIpc) is 2.29. The van der Waals surface area contributed by atoms with E-state index >= 15 is 0 Å². The number of hydrogen-bond acceptors (Lipinski definition) is 2. The van der Waals surface area contributed by atoms with Gasteiger partial charge in [-0.15, -0.1) is 0 Å². The van der Waals surface area contributed by atoms with Gasteiger partial charge >= 0.3 is 0 Å². The summed E-state index contributed by atoms with van der Waals surface area (Å²) >= 11 is 6.33. The molecule has 3 heteroatoms. The Balaban J connectivity index is 2.11. The van der Waals surface area contributed by atoms with Crippen LogP contribution in [0.5, 0.6) is 0 Å². The first-order chi connectivity index (χ1) is 8.24. The van der Waals surface area contributed by atoms with Gasteiger partial charge in [0.05, 0.1) is 10.7 Å². The molecule has 0 radical (unpaired) electrons. The van der Waals surface area contributed by atoms with Crippen LogP contribution in [0.2, 0.25) is 5.02 Å². The maximum Gasteiger partial charge on any atom is 0.0642 e. The van der Waals surface area contributed by atoms with Crippen LogP contribution >= 0.6 is 11.6 Å². The van der Waals surface area contributed by atoms with Crippen molar-refractivity contribution in [2.45, 2.75) is 32.7 Å². The smallest absolute Gasteiger partial charge is 0.0642 e. The van der Waals surface area contributed by atoms with Gasteiger partial charge in [-0.2, -0.15) is 0 Å². The lowest BCUT2D eigenvalue weighted by atomic mass is 9.85. The predicted molar refractivity (Wildman–Crippen MR) is 74.6 cm³/mol. The number of nitrogens with two attached hydrogens (primary N) is 1. The Morgan fingerprint density at radius 3 is 2.65 bits per heavy atom. The Morgan fingerprint density at radius 1 is 1.41 bits per heavy atom. The molecular weight excluding hydrogens is 232 g/mol. The van der Waals surface area contributed by atoms with Crippen molar-refractivity contribution < 1.29 is 0 Å². The molecule has 0 atom stereocenters. The van der Waals surface area contributed by atoms with Crippen LogP contribution in [0.3, 0.4) is 0 Å². The van der Waals surface area contributed by atoms with Crippen molar-refractivity contribution in [1.82, 2.24) is 0 Å². The second-order valence-corrected chi connectivity index (χ2v) is 5.23. The van der Waals surface area contributed by atoms with E-state index in [1.165, 1.54) is 19.3 Å². The summed E-state index contributed by atoms with van der Waals surface area (Å²) in [4.78, 5) is 2.38. The SMILES string of the molecule is CCN(CC1CCC1)c1ccc(CN)cc1Cl. The second-order valence-electron chi connectivity index (χ2n) is 4.83. The molecule has 1 fully saturated rings. The molecule has 2 N–H and O–H groups in total. The van der Waals surface area contributed by atoms with Crippen LogP contribution < -0.4 is 10.6 Å². The fourth-order valence-corrected chi connectivity index (χ4v) is 2.64. The lowest BCUT2D eigenvalue weighted by Crippen LogP contribution is -2.32. The van der Waals surface area contributed by atoms with Gasteiger partial charge in [-0.05, 0) is 43.4 Å². The molecule has 17 heavy (non-hydrogen) atoms. The van der Waals surface area contributed by atoms with E-state index in [0.29, 0.717) is 6.54 Å². The number of rotatable bonds is 5. The Bertz CT molecular complexity index is 374. The van der Waals surface area contributed by atoms with E-state index < -0.39 is 0 Å². The minimum Gasteiger partial charge on any atom is -0.370 e. The van der Waals surface area contributed by atoms with Crippen LogP contribution in [-0.2, 0) is 6.54 Å². The molecular formula is C14H21ClN2. The molecule has 0 spiro atoms. The third-order valence-corrected chi connectivity index (χ3v) is 3.98. The largest absolute Gasteiger partial charge is 0.370 e. The minimum absolute atomic E-state index is 0.550. The zero-order chi connectivity index (χ0) is 12.3. The van der Waals surface area contributed by atoms with Crippen molar-refractivity contribution in [2.75, 3.05) is 18.0 Å². The molecule has 0 unspecified atom stereocenters. The molecule has 1 aromatic carbocycles. The molecule has 0 amide bonds. The summed E-state index contributed by atoms with van der Waals surface area (Å²) in [6.45, 7) is 4.89. The van der Waals surface area contributed by atoms with Gasteiger partial charge in [-0.25, -0.2) is 0 Å². The summed E-state index contributed by atoms with van der Waals surface area (Å²) in [5, 5.41) is 0.828. The molecule has 0 aromatic heterocycles. The van der Waals surface area contributed by atoms with Gasteiger partial charge in [-0.1, -0.05) is 24.1 Å². The van der Waals surface area contributed by atoms with Crippen LogP contribution in [0.1, 0.15) is 31.7 Å². The zero-order valence-corrected chi connectivity index (χ0v) is 11.2. The quantitative estimate of drug-likeness (QED) is 0.870. The lowest BCUT2D eigenvalue weighted by molar-refractivity contribution is 0.318. The number of nitrogens with zero attached hydrogens (tertiary/aromatic N) is 1. The number of anilines is 1. The van der Waals surface area contributed by atoms with Crippen molar-refractivity contribution in [3.63, 3.8) is 0 Å². The van der Waals surface area contributed by atoms with Gasteiger partial charge in [0.1, 0.15) is 0 Å². The van der Waals surface area contributed by atoms with E-state index in [0.717, 1.165) is 35.3 Å². The highest BCUT2D eigenvalue weighted by Crippen LogP contribution is 2.32. The third kappa shape index (κ3) is 2.93. The second kappa shape index (κ2) is 5.74. The standard InChI is InChI=1S/C14H21ClN2/c1-2-17(10-11-4-3-5-11)14-7-6-12(9-16)8-13(14)15/h6-8,11H,2-5,9-10,16H2,1H3. The van der Waals surface area contributed by atoms with Crippen LogP contribution in [-0.4, -0.2) is 13.1 Å². The number of halogens is 1. The summed E-state index contributed by atoms with van der Waals surface area (Å²) in [5.74, 6) is 0.861. The molecule has 2 rings (SSSR count). The molecule has 0 aliphatic heterocycles. The van der Waals surface area contributed by atoms with Gasteiger partial charge in [-0.3, -0.25) is 0 Å². The van der Waals surface area contributed by atoms with Crippen LogP contribution in [0.15, 0.2) is 18.2 Å². The summed E-state index contributed by atoms with van der Waals surface area (Å²) in [6.07, 6.45) is 4.13. The maximum atomic E-state index is 6.33. The molecule has 0 saturated heterocycles. The van der Waals surface area contributed by atoms with E-state index in [9.17, 15) is 0 Å². The average molecular weight is 253 g/mol. The first-order valence-electron chi connectivity index (χ1n) is 6.48. The lowest BCUT2D eigenvalue weighted by Gasteiger charge is -2.33. The normalized spacial score (nSPS) is 15.7. The van der Waals surface area contributed by atoms with E-state index in [4.69, 9.17) is 17.3 Å².